The molecule has 9 heteroatoms. The maximum absolute atomic E-state index is 8.94. The van der Waals surface area contributed by atoms with E-state index in [0.29, 0.717) is 19.3 Å². The molecule has 0 spiro atoms. The highest BCUT2D eigenvalue weighted by molar-refractivity contribution is 6.28. The molecule has 2 aromatic rings. The average molecular weight is 395 g/mol. The summed E-state index contributed by atoms with van der Waals surface area (Å²) in [6, 6.07) is 0.333. The molecule has 0 unspecified atom stereocenters. The van der Waals surface area contributed by atoms with E-state index in [1.165, 1.54) is 0 Å². The van der Waals surface area contributed by atoms with Crippen molar-refractivity contribution in [1.82, 2.24) is 24.6 Å². The minimum absolute atomic E-state index is 0.271. The van der Waals surface area contributed by atoms with Gasteiger partial charge in [-0.15, -0.1) is 0 Å². The largest absolute Gasteiger partial charge is 0.396 e. The Morgan fingerprint density at radius 1 is 1.11 bits per heavy atom. The summed E-state index contributed by atoms with van der Waals surface area (Å²) in [5, 5.41) is 14.8. The first-order valence-corrected chi connectivity index (χ1v) is 10.2. The first-order chi connectivity index (χ1) is 13.3. The molecule has 8 nitrogen and oxygen atoms in total. The normalized spacial score (nSPS) is 19.9. The number of unbranched alkanes of at least 4 members (excludes halogenated alkanes) is 1. The highest BCUT2D eigenvalue weighted by Crippen LogP contribution is 2.30. The Labute approximate surface area is 164 Å². The molecule has 0 bridgehead atoms. The van der Waals surface area contributed by atoms with Crippen LogP contribution in [0.4, 0.5) is 5.82 Å². The quantitative estimate of drug-likeness (QED) is 0.590. The van der Waals surface area contributed by atoms with E-state index < -0.39 is 0 Å². The van der Waals surface area contributed by atoms with Crippen LogP contribution in [0.2, 0.25) is 5.28 Å². The van der Waals surface area contributed by atoms with Gasteiger partial charge >= 0.3 is 0 Å². The lowest BCUT2D eigenvalue weighted by Crippen LogP contribution is -2.37. The lowest BCUT2D eigenvalue weighted by molar-refractivity contribution is 0.122. The lowest BCUT2D eigenvalue weighted by atomic mass is 10.0. The van der Waals surface area contributed by atoms with Crippen LogP contribution in [0.15, 0.2) is 6.20 Å². The van der Waals surface area contributed by atoms with Crippen LogP contribution < -0.4 is 4.90 Å². The molecule has 2 fully saturated rings. The number of aliphatic hydroxyl groups excluding tert-OH is 1. The molecular weight excluding hydrogens is 368 g/mol. The van der Waals surface area contributed by atoms with Gasteiger partial charge in [0.2, 0.25) is 5.28 Å². The molecule has 0 atom stereocenters. The van der Waals surface area contributed by atoms with Gasteiger partial charge in [0.05, 0.1) is 30.8 Å². The molecule has 148 valence electrons. The molecule has 1 N–H and O–H groups in total. The van der Waals surface area contributed by atoms with Crippen molar-refractivity contribution in [1.29, 1.82) is 0 Å². The number of likely N-dealkylation sites (tertiary alicyclic amines) is 1. The molecule has 27 heavy (non-hydrogen) atoms. The fraction of sp³-hybridized carbons (Fsp3) is 0.722. The Morgan fingerprint density at radius 2 is 1.89 bits per heavy atom. The van der Waals surface area contributed by atoms with E-state index in [4.69, 9.17) is 21.4 Å². The number of hydrogen-bond acceptors (Lipinski definition) is 7. The molecule has 0 aliphatic carbocycles. The fourth-order valence-electron chi connectivity index (χ4n) is 4.00. The van der Waals surface area contributed by atoms with Crippen molar-refractivity contribution in [2.75, 3.05) is 57.4 Å². The van der Waals surface area contributed by atoms with Crippen molar-refractivity contribution >= 4 is 28.5 Å². The molecule has 0 aromatic carbocycles. The zero-order valence-electron chi connectivity index (χ0n) is 15.6. The molecule has 4 rings (SSSR count). The van der Waals surface area contributed by atoms with Crippen LogP contribution in [-0.2, 0) is 4.74 Å². The second-order valence-corrected chi connectivity index (χ2v) is 7.58. The van der Waals surface area contributed by atoms with Gasteiger partial charge < -0.3 is 19.6 Å². The Morgan fingerprint density at radius 3 is 2.63 bits per heavy atom. The molecule has 2 saturated heterocycles. The Kier molecular flexibility index (Phi) is 6.07. The predicted octanol–water partition coefficient (Wildman–Crippen LogP) is 1.73. The maximum atomic E-state index is 8.94. The second kappa shape index (κ2) is 8.68. The number of morpholine rings is 1. The summed E-state index contributed by atoms with van der Waals surface area (Å²) >= 11 is 6.26. The van der Waals surface area contributed by atoms with Gasteiger partial charge in [0, 0.05) is 32.8 Å². The summed E-state index contributed by atoms with van der Waals surface area (Å²) in [5.74, 6) is 0.862. The Balaban J connectivity index is 1.51. The van der Waals surface area contributed by atoms with E-state index in [1.54, 1.807) is 0 Å². The molecule has 0 amide bonds. The number of rotatable bonds is 6. The van der Waals surface area contributed by atoms with E-state index in [0.717, 1.165) is 75.3 Å². The number of piperidine rings is 1. The van der Waals surface area contributed by atoms with Gasteiger partial charge in [-0.05, 0) is 43.8 Å². The number of fused-ring (bicyclic) bond motifs is 1. The first kappa shape index (κ1) is 18.9. The first-order valence-electron chi connectivity index (χ1n) is 9.83. The SMILES string of the molecule is OCCCCN1CCC(n2ncc3c(N4CCOCC4)nc(Cl)nc32)CC1. The van der Waals surface area contributed by atoms with Crippen molar-refractivity contribution in [2.45, 2.75) is 31.7 Å². The fourth-order valence-corrected chi connectivity index (χ4v) is 4.16. The van der Waals surface area contributed by atoms with E-state index in [-0.39, 0.29) is 11.9 Å². The van der Waals surface area contributed by atoms with E-state index in [9.17, 15) is 0 Å². The van der Waals surface area contributed by atoms with Crippen molar-refractivity contribution in [3.05, 3.63) is 11.5 Å². The summed E-state index contributed by atoms with van der Waals surface area (Å²) in [5.41, 5.74) is 0.829. The Bertz CT molecular complexity index is 756. The third kappa shape index (κ3) is 4.18. The third-order valence-electron chi connectivity index (χ3n) is 5.50. The average Bonchev–Trinajstić information content (AvgIpc) is 3.12. The standard InChI is InChI=1S/C18H27ClN6O2/c19-18-21-16(24-8-11-27-12-9-24)15-13-20-25(17(15)22-18)14-3-6-23(7-4-14)5-1-2-10-26/h13-14,26H,1-12H2. The summed E-state index contributed by atoms with van der Waals surface area (Å²) in [7, 11) is 0. The predicted molar refractivity (Wildman–Crippen MR) is 104 cm³/mol. The van der Waals surface area contributed by atoms with E-state index >= 15 is 0 Å². The maximum Gasteiger partial charge on any atom is 0.226 e. The smallest absolute Gasteiger partial charge is 0.226 e. The van der Waals surface area contributed by atoms with Gasteiger partial charge in [-0.1, -0.05) is 0 Å². The van der Waals surface area contributed by atoms with Crippen molar-refractivity contribution in [3.63, 3.8) is 0 Å². The van der Waals surface area contributed by atoms with Crippen molar-refractivity contribution < 1.29 is 9.84 Å². The lowest BCUT2D eigenvalue weighted by Gasteiger charge is -2.32. The van der Waals surface area contributed by atoms with Crippen LogP contribution >= 0.6 is 11.6 Å². The topological polar surface area (TPSA) is 79.5 Å². The van der Waals surface area contributed by atoms with Crippen LogP contribution in [0.1, 0.15) is 31.7 Å². The van der Waals surface area contributed by atoms with Gasteiger partial charge in [0.15, 0.2) is 5.65 Å². The number of hydrogen-bond donors (Lipinski definition) is 1. The van der Waals surface area contributed by atoms with Crippen LogP contribution in [0.3, 0.4) is 0 Å². The zero-order valence-corrected chi connectivity index (χ0v) is 16.3. The minimum atomic E-state index is 0.271. The summed E-state index contributed by atoms with van der Waals surface area (Å²) in [6.45, 7) is 6.45. The monoisotopic (exact) mass is 394 g/mol. The number of aliphatic hydroxyl groups is 1. The molecular formula is C18H27ClN6O2. The van der Waals surface area contributed by atoms with Crippen LogP contribution in [0.25, 0.3) is 11.0 Å². The number of nitrogens with zero attached hydrogens (tertiary/aromatic N) is 6. The van der Waals surface area contributed by atoms with Gasteiger partial charge in [0.1, 0.15) is 5.82 Å². The van der Waals surface area contributed by atoms with Crippen LogP contribution in [0, 0.1) is 0 Å². The molecule has 2 aliphatic heterocycles. The number of aromatic nitrogens is 4. The van der Waals surface area contributed by atoms with Gasteiger partial charge in [-0.25, -0.2) is 4.68 Å². The number of halogens is 1. The molecule has 0 radical (unpaired) electrons. The highest BCUT2D eigenvalue weighted by Gasteiger charge is 2.25. The van der Waals surface area contributed by atoms with Crippen LogP contribution in [-0.4, -0.2) is 82.3 Å². The summed E-state index contributed by atoms with van der Waals surface area (Å²) < 4.78 is 7.49. The molecule has 0 saturated carbocycles. The number of ether oxygens (including phenoxy) is 1. The molecule has 2 aliphatic rings. The zero-order chi connectivity index (χ0) is 18.6. The van der Waals surface area contributed by atoms with Crippen LogP contribution in [0.5, 0.6) is 0 Å². The van der Waals surface area contributed by atoms with E-state index in [2.05, 4.69) is 24.9 Å². The minimum Gasteiger partial charge on any atom is -0.396 e. The molecule has 2 aromatic heterocycles. The van der Waals surface area contributed by atoms with Crippen molar-refractivity contribution in [2.24, 2.45) is 0 Å². The highest BCUT2D eigenvalue weighted by atomic mass is 35.5. The van der Waals surface area contributed by atoms with Gasteiger partial charge in [0.25, 0.3) is 0 Å². The second-order valence-electron chi connectivity index (χ2n) is 7.25. The molecule has 4 heterocycles. The van der Waals surface area contributed by atoms with Crippen molar-refractivity contribution in [3.8, 4) is 0 Å². The van der Waals surface area contributed by atoms with E-state index in [1.807, 2.05) is 10.9 Å². The third-order valence-corrected chi connectivity index (χ3v) is 5.67. The van der Waals surface area contributed by atoms with Gasteiger partial charge in [-0.3, -0.25) is 0 Å². The van der Waals surface area contributed by atoms with Gasteiger partial charge in [-0.2, -0.15) is 15.1 Å². The Hall–Kier alpha value is -1.48. The summed E-state index contributed by atoms with van der Waals surface area (Å²) in [6.07, 6.45) is 5.90. The number of anilines is 1. The summed E-state index contributed by atoms with van der Waals surface area (Å²) in [4.78, 5) is 13.7.